The first-order chi connectivity index (χ1) is 19.9. The Hall–Kier alpha value is -1.46. The van der Waals surface area contributed by atoms with Crippen molar-refractivity contribution >= 4 is 34.3 Å². The van der Waals surface area contributed by atoms with Gasteiger partial charge in [0.25, 0.3) is 0 Å². The minimum absolute atomic E-state index is 1.23. The molecule has 0 saturated carbocycles. The lowest BCUT2D eigenvalue weighted by molar-refractivity contribution is 0.224. The average Bonchev–Trinajstić information content (AvgIpc) is 3.33. The Labute approximate surface area is 251 Å². The molecule has 0 radical (unpaired) electrons. The molecule has 0 unspecified atom stereocenters. The van der Waals surface area contributed by atoms with Crippen LogP contribution in [0.1, 0.15) is 77.0 Å². The largest absolute Gasteiger partial charge is 0.303 e. The first-order valence-corrected chi connectivity index (χ1v) is 18.2. The van der Waals surface area contributed by atoms with E-state index in [1.807, 2.05) is 11.8 Å². The molecule has 2 fully saturated rings. The third kappa shape index (κ3) is 7.12. The predicted octanol–water partition coefficient (Wildman–Crippen LogP) is 9.98. The fourth-order valence-corrected chi connectivity index (χ4v) is 9.00. The molecule has 2 saturated heterocycles. The van der Waals surface area contributed by atoms with Crippen LogP contribution in [0.2, 0.25) is 0 Å². The maximum atomic E-state index is 2.68. The van der Waals surface area contributed by atoms with Gasteiger partial charge in [-0.05, 0) is 153 Å². The SMILES string of the molecule is c1cc2c3c(ccc(SCCCCCN4CCCCC4)c3c1)-c1cc(SCCCCCN3CCCCC3)ccc1-2. The van der Waals surface area contributed by atoms with Gasteiger partial charge in [-0.2, -0.15) is 0 Å². The van der Waals surface area contributed by atoms with Crippen LogP contribution < -0.4 is 0 Å². The second-order valence-corrected chi connectivity index (χ2v) is 14.5. The van der Waals surface area contributed by atoms with Gasteiger partial charge < -0.3 is 9.80 Å². The number of rotatable bonds is 14. The molecular formula is C36H48N2S2. The third-order valence-electron chi connectivity index (χ3n) is 9.23. The molecule has 0 N–H and O–H groups in total. The van der Waals surface area contributed by atoms with Crippen LogP contribution in [-0.2, 0) is 0 Å². The molecule has 0 aromatic heterocycles. The predicted molar refractivity (Wildman–Crippen MR) is 178 cm³/mol. The van der Waals surface area contributed by atoms with Crippen LogP contribution in [0.25, 0.3) is 33.0 Å². The highest BCUT2D eigenvalue weighted by atomic mass is 32.2. The number of nitrogens with zero attached hydrogens (tertiary/aromatic N) is 2. The highest BCUT2D eigenvalue weighted by Crippen LogP contribution is 2.50. The van der Waals surface area contributed by atoms with Crippen molar-refractivity contribution < 1.29 is 0 Å². The molecule has 0 spiro atoms. The molecule has 2 heterocycles. The van der Waals surface area contributed by atoms with Crippen LogP contribution in [0.15, 0.2) is 58.3 Å². The van der Waals surface area contributed by atoms with Gasteiger partial charge in [0.1, 0.15) is 0 Å². The molecule has 4 heteroatoms. The van der Waals surface area contributed by atoms with Gasteiger partial charge in [0, 0.05) is 9.79 Å². The van der Waals surface area contributed by atoms with E-state index < -0.39 is 0 Å². The molecule has 3 aromatic carbocycles. The summed E-state index contributed by atoms with van der Waals surface area (Å²) in [6.07, 6.45) is 16.6. The Morgan fingerprint density at radius 3 is 1.85 bits per heavy atom. The summed E-state index contributed by atoms with van der Waals surface area (Å²) in [6, 6.07) is 19.0. The van der Waals surface area contributed by atoms with Gasteiger partial charge in [0.05, 0.1) is 0 Å². The van der Waals surface area contributed by atoms with Crippen molar-refractivity contribution in [1.82, 2.24) is 9.80 Å². The molecular weight excluding hydrogens is 525 g/mol. The third-order valence-corrected chi connectivity index (χ3v) is 11.5. The summed E-state index contributed by atoms with van der Waals surface area (Å²) in [5.41, 5.74) is 5.73. The van der Waals surface area contributed by atoms with Gasteiger partial charge in [-0.3, -0.25) is 0 Å². The zero-order valence-corrected chi connectivity index (χ0v) is 26.1. The molecule has 1 aliphatic carbocycles. The number of benzene rings is 3. The number of fused-ring (bicyclic) bond motifs is 3. The summed E-state index contributed by atoms with van der Waals surface area (Å²) in [5, 5.41) is 2.93. The van der Waals surface area contributed by atoms with E-state index in [0.29, 0.717) is 0 Å². The first kappa shape index (κ1) is 28.6. The minimum Gasteiger partial charge on any atom is -0.303 e. The molecule has 6 rings (SSSR count). The van der Waals surface area contributed by atoms with Crippen LogP contribution in [0.4, 0.5) is 0 Å². The maximum Gasteiger partial charge on any atom is 0.0151 e. The zero-order chi connectivity index (χ0) is 27.0. The second kappa shape index (κ2) is 14.6. The summed E-state index contributed by atoms with van der Waals surface area (Å²) in [6.45, 7) is 7.94. The van der Waals surface area contributed by atoms with Gasteiger partial charge >= 0.3 is 0 Å². The molecule has 2 nitrogen and oxygen atoms in total. The highest BCUT2D eigenvalue weighted by Gasteiger charge is 2.23. The van der Waals surface area contributed by atoms with E-state index in [2.05, 4.69) is 70.1 Å². The van der Waals surface area contributed by atoms with Crippen LogP contribution >= 0.6 is 23.5 Å². The van der Waals surface area contributed by atoms with Crippen molar-refractivity contribution in [2.45, 2.75) is 86.8 Å². The number of hydrogen-bond donors (Lipinski definition) is 0. The monoisotopic (exact) mass is 572 g/mol. The van der Waals surface area contributed by atoms with Crippen LogP contribution in [-0.4, -0.2) is 60.6 Å². The quantitative estimate of drug-likeness (QED) is 0.109. The number of likely N-dealkylation sites (tertiary alicyclic amines) is 2. The van der Waals surface area contributed by atoms with Gasteiger partial charge in [-0.1, -0.05) is 56.0 Å². The number of piperidine rings is 2. The normalized spacial score (nSPS) is 17.5. The lowest BCUT2D eigenvalue weighted by atomic mass is 10.0. The molecule has 2 aliphatic heterocycles. The van der Waals surface area contributed by atoms with Crippen LogP contribution in [0.5, 0.6) is 0 Å². The van der Waals surface area contributed by atoms with Gasteiger partial charge in [-0.25, -0.2) is 0 Å². The number of thioether (sulfide) groups is 2. The molecule has 0 atom stereocenters. The zero-order valence-electron chi connectivity index (χ0n) is 24.5. The second-order valence-electron chi connectivity index (χ2n) is 12.2. The Kier molecular flexibility index (Phi) is 10.5. The van der Waals surface area contributed by atoms with Crippen molar-refractivity contribution in [3.63, 3.8) is 0 Å². The Balaban J connectivity index is 1.00. The summed E-state index contributed by atoms with van der Waals surface area (Å²) in [7, 11) is 0. The van der Waals surface area contributed by atoms with Crippen LogP contribution in [0, 0.1) is 0 Å². The lowest BCUT2D eigenvalue weighted by Gasteiger charge is -2.26. The highest BCUT2D eigenvalue weighted by molar-refractivity contribution is 7.99. The fraction of sp³-hybridized carbons (Fsp3) is 0.556. The van der Waals surface area contributed by atoms with Crippen molar-refractivity contribution in [2.75, 3.05) is 50.8 Å². The molecule has 0 amide bonds. The van der Waals surface area contributed by atoms with E-state index >= 15 is 0 Å². The molecule has 0 bridgehead atoms. The number of hydrogen-bond acceptors (Lipinski definition) is 4. The summed E-state index contributed by atoms with van der Waals surface area (Å²) < 4.78 is 0. The average molecular weight is 573 g/mol. The van der Waals surface area contributed by atoms with Crippen molar-refractivity contribution in [3.8, 4) is 22.3 Å². The Morgan fingerprint density at radius 2 is 1.15 bits per heavy atom. The van der Waals surface area contributed by atoms with E-state index in [0.717, 1.165) is 0 Å². The Morgan fingerprint density at radius 1 is 0.525 bits per heavy atom. The number of unbranched alkanes of at least 4 members (excludes halogenated alkanes) is 4. The van der Waals surface area contributed by atoms with Gasteiger partial charge in [0.15, 0.2) is 0 Å². The van der Waals surface area contributed by atoms with Gasteiger partial charge in [-0.15, -0.1) is 23.5 Å². The van der Waals surface area contributed by atoms with E-state index in [1.54, 1.807) is 0 Å². The van der Waals surface area contributed by atoms with Gasteiger partial charge in [0.2, 0.25) is 0 Å². The molecule has 3 aliphatic rings. The topological polar surface area (TPSA) is 6.48 Å². The molecule has 3 aromatic rings. The van der Waals surface area contributed by atoms with E-state index in [1.165, 1.54) is 171 Å². The molecule has 40 heavy (non-hydrogen) atoms. The lowest BCUT2D eigenvalue weighted by Crippen LogP contribution is -2.30. The Bertz CT molecular complexity index is 1240. The van der Waals surface area contributed by atoms with Crippen molar-refractivity contribution in [1.29, 1.82) is 0 Å². The van der Waals surface area contributed by atoms with Crippen molar-refractivity contribution in [2.24, 2.45) is 0 Å². The summed E-state index contributed by atoms with van der Waals surface area (Å²) in [4.78, 5) is 8.25. The standard InChI is InChI=1S/C36H48N2S2/c1-5-20-37(21-6-1)24-9-3-11-26-39-29-16-17-30-31-14-13-15-33-35(19-18-32(36(31)33)34(30)28-29)40-27-12-4-10-25-38-22-7-2-8-23-38/h13-19,28H,1-12,20-27H2. The van der Waals surface area contributed by atoms with E-state index in [-0.39, 0.29) is 0 Å². The van der Waals surface area contributed by atoms with Crippen molar-refractivity contribution in [3.05, 3.63) is 48.5 Å². The van der Waals surface area contributed by atoms with E-state index in [4.69, 9.17) is 0 Å². The van der Waals surface area contributed by atoms with E-state index in [9.17, 15) is 0 Å². The fourth-order valence-electron chi connectivity index (χ4n) is 6.99. The molecule has 214 valence electrons. The summed E-state index contributed by atoms with van der Waals surface area (Å²) in [5.74, 6) is 2.46. The summed E-state index contributed by atoms with van der Waals surface area (Å²) >= 11 is 4.12. The maximum absolute atomic E-state index is 2.68. The first-order valence-electron chi connectivity index (χ1n) is 16.3. The van der Waals surface area contributed by atoms with Crippen LogP contribution in [0.3, 0.4) is 0 Å². The smallest absolute Gasteiger partial charge is 0.0151 e. The minimum atomic E-state index is 1.23.